The van der Waals surface area contributed by atoms with Gasteiger partial charge in [-0.1, -0.05) is 16.8 Å². The lowest BCUT2D eigenvalue weighted by molar-refractivity contribution is -0.137. The molecule has 2 N–H and O–H groups in total. The first kappa shape index (κ1) is 17.9. The largest absolute Gasteiger partial charge is 0.453 e. The average molecular weight is 389 g/mol. The second-order valence-electron chi connectivity index (χ2n) is 5.23. The van der Waals surface area contributed by atoms with Gasteiger partial charge in [0, 0.05) is 6.07 Å². The van der Waals surface area contributed by atoms with Crippen LogP contribution in [0.25, 0.3) is 11.0 Å². The second-order valence-corrected chi connectivity index (χ2v) is 5.64. The molecule has 0 atom stereocenters. The maximum Gasteiger partial charge on any atom is 0.416 e. The van der Waals surface area contributed by atoms with Gasteiger partial charge in [-0.2, -0.15) is 13.2 Å². The summed E-state index contributed by atoms with van der Waals surface area (Å²) in [6, 6.07) is 5.12. The molecule has 0 unspecified atom stereocenters. The van der Waals surface area contributed by atoms with Crippen molar-refractivity contribution in [2.24, 2.45) is 5.73 Å². The fourth-order valence-corrected chi connectivity index (χ4v) is 2.46. The minimum Gasteiger partial charge on any atom is -0.453 e. The Bertz CT molecular complexity index is 980. The fraction of sp³-hybridized carbons (Fsp3) is 0.133. The van der Waals surface area contributed by atoms with Crippen molar-refractivity contribution in [3.8, 4) is 11.5 Å². The number of carbonyl (C=O) groups excluding carboxylic acids is 1. The smallest absolute Gasteiger partial charge is 0.416 e. The summed E-state index contributed by atoms with van der Waals surface area (Å²) >= 11 is 5.73. The second kappa shape index (κ2) is 6.45. The molecule has 2 aromatic carbocycles. The average Bonchev–Trinajstić information content (AvgIpc) is 2.91. The van der Waals surface area contributed by atoms with E-state index in [-0.39, 0.29) is 12.3 Å². The monoisotopic (exact) mass is 388 g/mol. The molecule has 0 spiro atoms. The Hall–Kier alpha value is -2.88. The Kier molecular flexibility index (Phi) is 4.45. The van der Waals surface area contributed by atoms with Gasteiger partial charge >= 0.3 is 6.18 Å². The van der Waals surface area contributed by atoms with Gasteiger partial charge in [-0.3, -0.25) is 4.79 Å². The fourth-order valence-electron chi connectivity index (χ4n) is 2.21. The zero-order chi connectivity index (χ0) is 19.1. The highest BCUT2D eigenvalue weighted by molar-refractivity contribution is 6.32. The van der Waals surface area contributed by atoms with Crippen LogP contribution in [0.2, 0.25) is 5.02 Å². The van der Waals surface area contributed by atoms with Crippen molar-refractivity contribution in [2.75, 3.05) is 0 Å². The first-order chi connectivity index (χ1) is 12.1. The van der Waals surface area contributed by atoms with Crippen molar-refractivity contribution >= 4 is 28.5 Å². The van der Waals surface area contributed by atoms with Gasteiger partial charge in [0.15, 0.2) is 11.6 Å². The molecule has 0 aliphatic heterocycles. The molecule has 0 saturated carbocycles. The van der Waals surface area contributed by atoms with E-state index in [4.69, 9.17) is 22.1 Å². The predicted molar refractivity (Wildman–Crippen MR) is 83.2 cm³/mol. The Balaban J connectivity index is 1.97. The zero-order valence-corrected chi connectivity index (χ0v) is 13.5. The molecule has 1 heterocycles. The summed E-state index contributed by atoms with van der Waals surface area (Å²) in [5.41, 5.74) is 4.66. The van der Waals surface area contributed by atoms with Crippen LogP contribution in [0.1, 0.15) is 5.56 Å². The minimum atomic E-state index is -4.74. The lowest BCUT2D eigenvalue weighted by Crippen LogP contribution is -2.19. The van der Waals surface area contributed by atoms with E-state index in [1.54, 1.807) is 0 Å². The number of amides is 1. The molecule has 1 amide bonds. The van der Waals surface area contributed by atoms with E-state index in [1.165, 1.54) is 22.9 Å². The van der Waals surface area contributed by atoms with Gasteiger partial charge in [-0.15, -0.1) is 5.10 Å². The van der Waals surface area contributed by atoms with Crippen LogP contribution >= 0.6 is 11.6 Å². The Morgan fingerprint density at radius 2 is 2.00 bits per heavy atom. The Morgan fingerprint density at radius 3 is 2.62 bits per heavy atom. The van der Waals surface area contributed by atoms with E-state index in [0.29, 0.717) is 23.2 Å². The van der Waals surface area contributed by atoms with Crippen molar-refractivity contribution < 1.29 is 27.1 Å². The van der Waals surface area contributed by atoms with E-state index in [0.717, 1.165) is 0 Å². The number of halogens is 5. The maximum atomic E-state index is 14.0. The van der Waals surface area contributed by atoms with E-state index in [2.05, 4.69) is 10.3 Å². The van der Waals surface area contributed by atoms with Crippen LogP contribution in [0.4, 0.5) is 17.6 Å². The van der Waals surface area contributed by atoms with E-state index in [1.807, 2.05) is 0 Å². The number of primary amides is 1. The molecule has 0 aliphatic carbocycles. The number of hydrogen-bond donors (Lipinski definition) is 1. The van der Waals surface area contributed by atoms with E-state index >= 15 is 0 Å². The van der Waals surface area contributed by atoms with E-state index in [9.17, 15) is 22.4 Å². The molecule has 3 aromatic rings. The van der Waals surface area contributed by atoms with Crippen molar-refractivity contribution in [3.63, 3.8) is 0 Å². The van der Waals surface area contributed by atoms with Crippen molar-refractivity contribution in [1.82, 2.24) is 15.0 Å². The number of rotatable bonds is 4. The summed E-state index contributed by atoms with van der Waals surface area (Å²) in [4.78, 5) is 11.0. The van der Waals surface area contributed by atoms with E-state index < -0.39 is 34.2 Å². The summed E-state index contributed by atoms with van der Waals surface area (Å²) in [7, 11) is 0. The van der Waals surface area contributed by atoms with Crippen molar-refractivity contribution in [2.45, 2.75) is 12.7 Å². The van der Waals surface area contributed by atoms with Crippen LogP contribution in [0, 0.1) is 5.82 Å². The van der Waals surface area contributed by atoms with Crippen LogP contribution in [0.5, 0.6) is 11.5 Å². The molecular weight excluding hydrogens is 380 g/mol. The van der Waals surface area contributed by atoms with Gasteiger partial charge < -0.3 is 10.5 Å². The molecule has 11 heteroatoms. The zero-order valence-electron chi connectivity index (χ0n) is 12.7. The van der Waals surface area contributed by atoms with Crippen LogP contribution < -0.4 is 10.5 Å². The number of aromatic nitrogens is 3. The molecule has 0 bridgehead atoms. The lowest BCUT2D eigenvalue weighted by Gasteiger charge is -2.12. The third-order valence-corrected chi connectivity index (χ3v) is 3.62. The molecule has 0 radical (unpaired) electrons. The van der Waals surface area contributed by atoms with Gasteiger partial charge in [-0.05, 0) is 24.3 Å². The number of ether oxygens (including phenoxy) is 1. The van der Waals surface area contributed by atoms with Crippen LogP contribution in [-0.2, 0) is 17.5 Å². The predicted octanol–water partition coefficient (Wildman–Crippen LogP) is 3.52. The number of nitrogens with two attached hydrogens (primary N) is 1. The number of carbonyl (C=O) groups is 1. The van der Waals surface area contributed by atoms with Crippen molar-refractivity contribution in [1.29, 1.82) is 0 Å². The number of hydrogen-bond acceptors (Lipinski definition) is 4. The number of fused-ring (bicyclic) bond motifs is 1. The van der Waals surface area contributed by atoms with Gasteiger partial charge in [-0.25, -0.2) is 9.07 Å². The third kappa shape index (κ3) is 3.54. The molecule has 1 aromatic heterocycles. The first-order valence-corrected chi connectivity index (χ1v) is 7.38. The number of alkyl halides is 3. The SMILES string of the molecule is NC(=O)Cn1nnc2ccc(Oc3c(F)cc(C(F)(F)F)cc3Cl)cc21. The standard InChI is InChI=1S/C15H9ClF4N4O2/c16-9-3-7(15(18,19)20)4-10(17)14(9)26-8-1-2-11-12(5-8)24(23-22-11)6-13(21)25/h1-5H,6H2,(H2,21,25). The summed E-state index contributed by atoms with van der Waals surface area (Å²) in [5, 5.41) is 7.02. The topological polar surface area (TPSA) is 83.0 Å². The van der Waals surface area contributed by atoms with Crippen LogP contribution in [0.15, 0.2) is 30.3 Å². The van der Waals surface area contributed by atoms with Gasteiger partial charge in [0.25, 0.3) is 0 Å². The third-order valence-electron chi connectivity index (χ3n) is 3.34. The molecule has 6 nitrogen and oxygen atoms in total. The molecule has 0 saturated heterocycles. The van der Waals surface area contributed by atoms with Crippen LogP contribution in [0.3, 0.4) is 0 Å². The number of nitrogens with zero attached hydrogens (tertiary/aromatic N) is 3. The highest BCUT2D eigenvalue weighted by atomic mass is 35.5. The highest BCUT2D eigenvalue weighted by Crippen LogP contribution is 2.38. The molecule has 26 heavy (non-hydrogen) atoms. The highest BCUT2D eigenvalue weighted by Gasteiger charge is 2.32. The quantitative estimate of drug-likeness (QED) is 0.693. The van der Waals surface area contributed by atoms with Crippen molar-refractivity contribution in [3.05, 3.63) is 46.7 Å². The summed E-state index contributed by atoms with van der Waals surface area (Å²) in [5.74, 6) is -2.42. The first-order valence-electron chi connectivity index (χ1n) is 7.01. The molecule has 0 aliphatic rings. The summed E-state index contributed by atoms with van der Waals surface area (Å²) in [6.07, 6.45) is -4.74. The molecule has 3 rings (SSSR count). The molecular formula is C15H9ClF4N4O2. The lowest BCUT2D eigenvalue weighted by atomic mass is 10.2. The molecule has 0 fully saturated rings. The Morgan fingerprint density at radius 1 is 1.27 bits per heavy atom. The number of benzene rings is 2. The Labute approximate surface area is 148 Å². The van der Waals surface area contributed by atoms with Gasteiger partial charge in [0.2, 0.25) is 5.91 Å². The maximum absolute atomic E-state index is 14.0. The van der Waals surface area contributed by atoms with Gasteiger partial charge in [0.05, 0.1) is 16.1 Å². The summed E-state index contributed by atoms with van der Waals surface area (Å²) in [6.45, 7) is -0.241. The molecule has 136 valence electrons. The normalized spacial score (nSPS) is 11.7. The van der Waals surface area contributed by atoms with Gasteiger partial charge in [0.1, 0.15) is 17.8 Å². The summed E-state index contributed by atoms with van der Waals surface area (Å²) < 4.78 is 58.5. The van der Waals surface area contributed by atoms with Crippen LogP contribution in [-0.4, -0.2) is 20.9 Å². The minimum absolute atomic E-state index is 0.0612.